The van der Waals surface area contributed by atoms with Crippen LogP contribution >= 0.6 is 0 Å². The van der Waals surface area contributed by atoms with Gasteiger partial charge in [-0.05, 0) is 44.2 Å². The zero-order valence-electron chi connectivity index (χ0n) is 13.9. The molecule has 2 atom stereocenters. The van der Waals surface area contributed by atoms with Gasteiger partial charge in [-0.15, -0.1) is 0 Å². The summed E-state index contributed by atoms with van der Waals surface area (Å²) in [4.78, 5) is 11.8. The number of nitrogens with one attached hydrogen (secondary N) is 2. The Balaban J connectivity index is 1.60. The first-order valence-corrected chi connectivity index (χ1v) is 7.94. The number of nitrogens with zero attached hydrogens (tertiary/aromatic N) is 2. The number of amides is 1. The second kappa shape index (κ2) is 9.02. The lowest BCUT2D eigenvalue weighted by atomic mass is 10.2. The molecule has 1 aromatic carbocycles. The van der Waals surface area contributed by atoms with Gasteiger partial charge in [-0.2, -0.15) is 5.10 Å². The number of halogens is 1. The molecule has 1 heterocycles. The van der Waals surface area contributed by atoms with Crippen LogP contribution in [0.25, 0.3) is 0 Å². The van der Waals surface area contributed by atoms with Crippen LogP contribution in [-0.2, 0) is 4.79 Å². The lowest BCUT2D eigenvalue weighted by molar-refractivity contribution is -0.120. The van der Waals surface area contributed by atoms with Crippen molar-refractivity contribution < 1.29 is 13.9 Å². The van der Waals surface area contributed by atoms with Crippen molar-refractivity contribution in [1.29, 1.82) is 0 Å². The molecule has 0 saturated carbocycles. The summed E-state index contributed by atoms with van der Waals surface area (Å²) < 4.78 is 20.0. The van der Waals surface area contributed by atoms with Gasteiger partial charge in [0, 0.05) is 18.4 Å². The van der Waals surface area contributed by atoms with Gasteiger partial charge in [-0.1, -0.05) is 0 Å². The second-order valence-corrected chi connectivity index (χ2v) is 5.55. The van der Waals surface area contributed by atoms with Crippen LogP contribution in [0.3, 0.4) is 0 Å². The summed E-state index contributed by atoms with van der Waals surface area (Å²) in [5, 5.41) is 10.1. The van der Waals surface area contributed by atoms with Crippen LogP contribution in [0.15, 0.2) is 42.7 Å². The van der Waals surface area contributed by atoms with Gasteiger partial charge in [0.15, 0.2) is 0 Å². The van der Waals surface area contributed by atoms with E-state index in [9.17, 15) is 9.18 Å². The normalized spacial score (nSPS) is 13.3. The van der Waals surface area contributed by atoms with Crippen molar-refractivity contribution in [2.24, 2.45) is 0 Å². The van der Waals surface area contributed by atoms with Crippen molar-refractivity contribution in [3.05, 3.63) is 48.5 Å². The topological polar surface area (TPSA) is 68.2 Å². The van der Waals surface area contributed by atoms with Crippen molar-refractivity contribution in [3.63, 3.8) is 0 Å². The molecule has 0 saturated heterocycles. The molecule has 0 fully saturated rings. The van der Waals surface area contributed by atoms with Crippen LogP contribution in [0.5, 0.6) is 5.75 Å². The molecule has 0 unspecified atom stereocenters. The average molecular weight is 334 g/mol. The van der Waals surface area contributed by atoms with Crippen molar-refractivity contribution in [3.8, 4) is 5.75 Å². The number of carbonyl (C=O) groups is 1. The van der Waals surface area contributed by atoms with E-state index in [1.54, 1.807) is 18.3 Å². The van der Waals surface area contributed by atoms with Crippen molar-refractivity contribution in [2.75, 3.05) is 19.7 Å². The predicted octanol–water partition coefficient (Wildman–Crippen LogP) is 1.76. The van der Waals surface area contributed by atoms with E-state index >= 15 is 0 Å². The predicted molar refractivity (Wildman–Crippen MR) is 89.3 cm³/mol. The highest BCUT2D eigenvalue weighted by molar-refractivity contribution is 5.77. The molecule has 1 aromatic heterocycles. The standard InChI is InChI=1S/C17H23FN4O2/c1-13(14(2)22-10-3-8-21-22)20-12-17(23)19-9-11-24-16-6-4-15(18)5-7-16/h3-8,10,13-14,20H,9,11-12H2,1-2H3,(H,19,23)/t13-,14-/m0/s1. The minimum atomic E-state index is -0.305. The van der Waals surface area contributed by atoms with Crippen LogP contribution in [0.1, 0.15) is 19.9 Å². The fraction of sp³-hybridized carbons (Fsp3) is 0.412. The molecule has 2 rings (SSSR count). The highest BCUT2D eigenvalue weighted by Gasteiger charge is 2.14. The van der Waals surface area contributed by atoms with Crippen molar-refractivity contribution >= 4 is 5.91 Å². The quantitative estimate of drug-likeness (QED) is 0.686. The molecule has 0 radical (unpaired) electrons. The molecule has 130 valence electrons. The molecule has 2 N–H and O–H groups in total. The Hall–Kier alpha value is -2.41. The zero-order valence-corrected chi connectivity index (χ0v) is 13.9. The van der Waals surface area contributed by atoms with Gasteiger partial charge in [-0.3, -0.25) is 9.48 Å². The Morgan fingerprint density at radius 1 is 1.33 bits per heavy atom. The third-order valence-corrected chi connectivity index (χ3v) is 3.76. The molecule has 0 bridgehead atoms. The first-order valence-electron chi connectivity index (χ1n) is 7.94. The Morgan fingerprint density at radius 2 is 2.08 bits per heavy atom. The summed E-state index contributed by atoms with van der Waals surface area (Å²) in [5.74, 6) is 0.169. The Kier molecular flexibility index (Phi) is 6.74. The molecular weight excluding hydrogens is 311 g/mol. The SMILES string of the molecule is C[C@H](NCC(=O)NCCOc1ccc(F)cc1)[C@H](C)n1cccn1. The van der Waals surface area contributed by atoms with Gasteiger partial charge >= 0.3 is 0 Å². The molecular formula is C17H23FN4O2. The third-order valence-electron chi connectivity index (χ3n) is 3.76. The van der Waals surface area contributed by atoms with E-state index in [-0.39, 0.29) is 30.4 Å². The number of benzene rings is 1. The number of hydrogen-bond donors (Lipinski definition) is 2. The summed E-state index contributed by atoms with van der Waals surface area (Å²) in [7, 11) is 0. The molecule has 0 spiro atoms. The molecule has 0 aliphatic heterocycles. The maximum absolute atomic E-state index is 12.8. The molecule has 1 amide bonds. The molecule has 7 heteroatoms. The van der Waals surface area contributed by atoms with Crippen molar-refractivity contribution in [1.82, 2.24) is 20.4 Å². The third kappa shape index (κ3) is 5.66. The van der Waals surface area contributed by atoms with Crippen molar-refractivity contribution in [2.45, 2.75) is 25.9 Å². The first-order chi connectivity index (χ1) is 11.6. The van der Waals surface area contributed by atoms with Crippen LogP contribution in [0.2, 0.25) is 0 Å². The molecule has 6 nitrogen and oxygen atoms in total. The summed E-state index contributed by atoms with van der Waals surface area (Å²) in [6, 6.07) is 7.89. The summed E-state index contributed by atoms with van der Waals surface area (Å²) in [6.07, 6.45) is 3.63. The van der Waals surface area contributed by atoms with E-state index in [1.165, 1.54) is 12.1 Å². The molecule has 0 aliphatic carbocycles. The molecule has 2 aromatic rings. The first kappa shape index (κ1) is 17.9. The Labute approximate surface area is 141 Å². The van der Waals surface area contributed by atoms with E-state index in [0.29, 0.717) is 18.9 Å². The number of aromatic nitrogens is 2. The summed E-state index contributed by atoms with van der Waals surface area (Å²) in [6.45, 7) is 5.00. The van der Waals surface area contributed by atoms with Gasteiger partial charge in [0.2, 0.25) is 5.91 Å². The summed E-state index contributed by atoms with van der Waals surface area (Å²) >= 11 is 0. The Bertz CT molecular complexity index is 616. The monoisotopic (exact) mass is 334 g/mol. The lowest BCUT2D eigenvalue weighted by Crippen LogP contribution is -2.42. The van der Waals surface area contributed by atoms with Gasteiger partial charge in [0.05, 0.1) is 19.1 Å². The molecule has 0 aliphatic rings. The van der Waals surface area contributed by atoms with E-state index in [0.717, 1.165) is 0 Å². The van der Waals surface area contributed by atoms with Crippen LogP contribution < -0.4 is 15.4 Å². The van der Waals surface area contributed by atoms with Crippen LogP contribution in [0.4, 0.5) is 4.39 Å². The smallest absolute Gasteiger partial charge is 0.234 e. The minimum absolute atomic E-state index is 0.0998. The van der Waals surface area contributed by atoms with Gasteiger partial charge in [0.1, 0.15) is 18.2 Å². The van der Waals surface area contributed by atoms with E-state index in [2.05, 4.69) is 15.7 Å². The number of rotatable bonds is 9. The lowest BCUT2D eigenvalue weighted by Gasteiger charge is -2.21. The number of carbonyl (C=O) groups excluding carboxylic acids is 1. The number of hydrogen-bond acceptors (Lipinski definition) is 4. The molecule has 24 heavy (non-hydrogen) atoms. The Morgan fingerprint density at radius 3 is 2.75 bits per heavy atom. The van der Waals surface area contributed by atoms with Gasteiger partial charge < -0.3 is 15.4 Å². The maximum Gasteiger partial charge on any atom is 0.234 e. The van der Waals surface area contributed by atoms with Crippen LogP contribution in [-0.4, -0.2) is 41.4 Å². The average Bonchev–Trinajstić information content (AvgIpc) is 3.12. The number of ether oxygens (including phenoxy) is 1. The zero-order chi connectivity index (χ0) is 17.4. The van der Waals surface area contributed by atoms with E-state index in [4.69, 9.17) is 4.74 Å². The van der Waals surface area contributed by atoms with E-state index < -0.39 is 0 Å². The largest absolute Gasteiger partial charge is 0.492 e. The van der Waals surface area contributed by atoms with Gasteiger partial charge in [-0.25, -0.2) is 4.39 Å². The highest BCUT2D eigenvalue weighted by atomic mass is 19.1. The van der Waals surface area contributed by atoms with E-state index in [1.807, 2.05) is 30.8 Å². The maximum atomic E-state index is 12.8. The van der Waals surface area contributed by atoms with Crippen LogP contribution in [0, 0.1) is 5.82 Å². The second-order valence-electron chi connectivity index (χ2n) is 5.55. The summed E-state index contributed by atoms with van der Waals surface area (Å²) in [5.41, 5.74) is 0. The minimum Gasteiger partial charge on any atom is -0.492 e. The van der Waals surface area contributed by atoms with Gasteiger partial charge in [0.25, 0.3) is 0 Å². The fourth-order valence-corrected chi connectivity index (χ4v) is 2.13. The fourth-order valence-electron chi connectivity index (χ4n) is 2.13. The highest BCUT2D eigenvalue weighted by Crippen LogP contribution is 2.10.